The van der Waals surface area contributed by atoms with Crippen LogP contribution in [0.2, 0.25) is 0 Å². The van der Waals surface area contributed by atoms with Crippen molar-refractivity contribution in [2.75, 3.05) is 6.79 Å². The highest BCUT2D eigenvalue weighted by atomic mass is 19.1. The van der Waals surface area contributed by atoms with Gasteiger partial charge in [-0.2, -0.15) is 5.26 Å². The van der Waals surface area contributed by atoms with Crippen LogP contribution in [-0.2, 0) is 6.61 Å². The number of nitriles is 1. The number of nitrogens with two attached hydrogens (primary N) is 1. The molecule has 1 atom stereocenters. The summed E-state index contributed by atoms with van der Waals surface area (Å²) in [4.78, 5) is 0. The van der Waals surface area contributed by atoms with Gasteiger partial charge in [-0.3, -0.25) is 5.10 Å². The van der Waals surface area contributed by atoms with Crippen molar-refractivity contribution in [2.45, 2.75) is 12.5 Å². The van der Waals surface area contributed by atoms with E-state index in [1.165, 1.54) is 6.07 Å². The van der Waals surface area contributed by atoms with Gasteiger partial charge in [0.05, 0.1) is 17.2 Å². The first-order valence-corrected chi connectivity index (χ1v) is 11.1. The third-order valence-corrected chi connectivity index (χ3v) is 6.17. The second kappa shape index (κ2) is 8.67. The van der Waals surface area contributed by atoms with E-state index in [-0.39, 0.29) is 30.7 Å². The minimum atomic E-state index is -0.529. The Morgan fingerprint density at radius 2 is 1.89 bits per heavy atom. The van der Waals surface area contributed by atoms with Crippen molar-refractivity contribution in [1.82, 2.24) is 10.2 Å². The molecule has 1 unspecified atom stereocenters. The van der Waals surface area contributed by atoms with Crippen molar-refractivity contribution < 1.29 is 23.3 Å². The number of fused-ring (bicyclic) bond motifs is 2. The van der Waals surface area contributed by atoms with Gasteiger partial charge in [0.25, 0.3) is 0 Å². The van der Waals surface area contributed by atoms with Gasteiger partial charge in [0.1, 0.15) is 29.8 Å². The monoisotopic (exact) mass is 482 g/mol. The van der Waals surface area contributed by atoms with Crippen LogP contribution in [0.3, 0.4) is 0 Å². The van der Waals surface area contributed by atoms with Crippen LogP contribution in [0, 0.1) is 17.1 Å². The van der Waals surface area contributed by atoms with Crippen molar-refractivity contribution in [3.05, 3.63) is 101 Å². The summed E-state index contributed by atoms with van der Waals surface area (Å²) in [5.74, 6) is 1.29. The third-order valence-electron chi connectivity index (χ3n) is 6.17. The first-order valence-electron chi connectivity index (χ1n) is 11.1. The lowest BCUT2D eigenvalue weighted by atomic mass is 9.83. The number of aromatic amines is 1. The van der Waals surface area contributed by atoms with Crippen molar-refractivity contribution in [3.63, 3.8) is 0 Å². The Bertz CT molecular complexity index is 1540. The molecule has 0 amide bonds. The fourth-order valence-electron chi connectivity index (χ4n) is 4.38. The van der Waals surface area contributed by atoms with Gasteiger partial charge in [-0.1, -0.05) is 30.3 Å². The number of hydrogen-bond acceptors (Lipinski definition) is 7. The first-order chi connectivity index (χ1) is 17.6. The van der Waals surface area contributed by atoms with Gasteiger partial charge in [-0.15, -0.1) is 5.10 Å². The molecule has 0 aliphatic carbocycles. The average Bonchev–Trinajstić information content (AvgIpc) is 3.54. The van der Waals surface area contributed by atoms with Gasteiger partial charge in [-0.05, 0) is 42.0 Å². The zero-order valence-corrected chi connectivity index (χ0v) is 18.8. The molecule has 2 aliphatic heterocycles. The summed E-state index contributed by atoms with van der Waals surface area (Å²) in [6.07, 6.45) is 0. The number of halogens is 1. The zero-order chi connectivity index (χ0) is 24.6. The highest BCUT2D eigenvalue weighted by Crippen LogP contribution is 2.47. The molecule has 0 saturated heterocycles. The fourth-order valence-corrected chi connectivity index (χ4v) is 4.38. The van der Waals surface area contributed by atoms with E-state index >= 15 is 0 Å². The Labute approximate surface area is 205 Å². The number of H-pyrrole nitrogens is 1. The number of ether oxygens (including phenoxy) is 4. The minimum Gasteiger partial charge on any atom is -0.489 e. The predicted octanol–water partition coefficient (Wildman–Crippen LogP) is 4.74. The maximum Gasteiger partial charge on any atom is 0.244 e. The molecule has 6 rings (SSSR count). The van der Waals surface area contributed by atoms with E-state index in [9.17, 15) is 9.65 Å². The van der Waals surface area contributed by atoms with Crippen LogP contribution in [0.15, 0.2) is 78.2 Å². The Morgan fingerprint density at radius 1 is 1.08 bits per heavy atom. The lowest BCUT2D eigenvalue weighted by Crippen LogP contribution is -2.21. The Kier molecular flexibility index (Phi) is 5.19. The molecule has 0 fully saturated rings. The average molecular weight is 482 g/mol. The number of nitrogens with zero attached hydrogens (tertiary/aromatic N) is 2. The standard InChI is InChI=1S/C27H19FN4O4/c28-20-4-2-1-3-17(20)13-33-18-8-5-15(6-9-18)23-19(12-29)26(30)36-27-24(23)25(31-32-27)16-7-10-21-22(11-16)35-14-34-21/h1-11,23H,13-14,30H2,(H,31,32). The van der Waals surface area contributed by atoms with Crippen molar-refractivity contribution in [1.29, 1.82) is 5.26 Å². The molecule has 2 aliphatic rings. The Morgan fingerprint density at radius 3 is 2.69 bits per heavy atom. The number of benzene rings is 3. The number of rotatable bonds is 5. The number of allylic oxidation sites excluding steroid dienone is 1. The van der Waals surface area contributed by atoms with Gasteiger partial charge in [0.15, 0.2) is 11.5 Å². The molecule has 36 heavy (non-hydrogen) atoms. The van der Waals surface area contributed by atoms with Crippen molar-refractivity contribution in [3.8, 4) is 40.5 Å². The number of nitrogens with one attached hydrogen (secondary N) is 1. The second-order valence-corrected chi connectivity index (χ2v) is 8.26. The molecular formula is C27H19FN4O4. The molecule has 3 N–H and O–H groups in total. The van der Waals surface area contributed by atoms with Crippen molar-refractivity contribution >= 4 is 0 Å². The van der Waals surface area contributed by atoms with E-state index in [1.54, 1.807) is 30.3 Å². The Hall–Kier alpha value is -4.97. The molecule has 0 saturated carbocycles. The fraction of sp³-hybridized carbons (Fsp3) is 0.111. The van der Waals surface area contributed by atoms with Gasteiger partial charge in [0, 0.05) is 11.1 Å². The van der Waals surface area contributed by atoms with Gasteiger partial charge in [-0.25, -0.2) is 4.39 Å². The van der Waals surface area contributed by atoms with E-state index in [2.05, 4.69) is 16.3 Å². The van der Waals surface area contributed by atoms with Crippen LogP contribution in [0.4, 0.5) is 4.39 Å². The van der Waals surface area contributed by atoms with E-state index < -0.39 is 5.92 Å². The molecule has 3 aromatic carbocycles. The largest absolute Gasteiger partial charge is 0.489 e. The molecule has 8 nitrogen and oxygen atoms in total. The molecule has 1 aromatic heterocycles. The molecule has 0 radical (unpaired) electrons. The van der Waals surface area contributed by atoms with Crippen LogP contribution < -0.4 is 24.7 Å². The second-order valence-electron chi connectivity index (χ2n) is 8.26. The summed E-state index contributed by atoms with van der Waals surface area (Å²) in [6, 6.07) is 21.4. The van der Waals surface area contributed by atoms with E-state index in [0.29, 0.717) is 39.9 Å². The number of aromatic nitrogens is 2. The van der Waals surface area contributed by atoms with Crippen LogP contribution in [0.1, 0.15) is 22.6 Å². The van der Waals surface area contributed by atoms with Gasteiger partial charge >= 0.3 is 0 Å². The summed E-state index contributed by atoms with van der Waals surface area (Å²) < 4.78 is 36.3. The van der Waals surface area contributed by atoms with Crippen LogP contribution >= 0.6 is 0 Å². The number of hydrogen-bond donors (Lipinski definition) is 2. The molecule has 0 spiro atoms. The Balaban J connectivity index is 1.35. The van der Waals surface area contributed by atoms with Crippen LogP contribution in [0.5, 0.6) is 23.1 Å². The van der Waals surface area contributed by atoms with E-state index in [1.807, 2.05) is 30.3 Å². The van der Waals surface area contributed by atoms with Crippen LogP contribution in [-0.4, -0.2) is 17.0 Å². The topological polar surface area (TPSA) is 115 Å². The van der Waals surface area contributed by atoms with Gasteiger partial charge < -0.3 is 24.7 Å². The molecule has 4 aromatic rings. The predicted molar refractivity (Wildman–Crippen MR) is 127 cm³/mol. The highest BCUT2D eigenvalue weighted by molar-refractivity contribution is 5.73. The molecule has 9 heteroatoms. The lowest BCUT2D eigenvalue weighted by molar-refractivity contribution is 0.174. The van der Waals surface area contributed by atoms with Gasteiger partial charge in [0.2, 0.25) is 18.6 Å². The summed E-state index contributed by atoms with van der Waals surface area (Å²) in [5, 5.41) is 17.3. The molecular weight excluding hydrogens is 463 g/mol. The normalized spacial score (nSPS) is 15.7. The minimum absolute atomic E-state index is 0.00128. The molecule has 3 heterocycles. The quantitative estimate of drug-likeness (QED) is 0.422. The SMILES string of the molecule is N#CC1=C(N)Oc2n[nH]c(-c3ccc4c(c3)OCO4)c2C1c1ccc(OCc2ccccc2F)cc1. The van der Waals surface area contributed by atoms with E-state index in [0.717, 1.165) is 11.1 Å². The molecule has 0 bridgehead atoms. The lowest BCUT2D eigenvalue weighted by Gasteiger charge is -2.24. The summed E-state index contributed by atoms with van der Waals surface area (Å²) in [6.45, 7) is 0.258. The summed E-state index contributed by atoms with van der Waals surface area (Å²) >= 11 is 0. The molecule has 178 valence electrons. The first kappa shape index (κ1) is 21.6. The van der Waals surface area contributed by atoms with Crippen LogP contribution in [0.25, 0.3) is 11.3 Å². The summed E-state index contributed by atoms with van der Waals surface area (Å²) in [7, 11) is 0. The maximum absolute atomic E-state index is 13.9. The maximum atomic E-state index is 13.9. The highest BCUT2D eigenvalue weighted by Gasteiger charge is 2.36. The smallest absolute Gasteiger partial charge is 0.244 e. The van der Waals surface area contributed by atoms with E-state index in [4.69, 9.17) is 24.7 Å². The summed E-state index contributed by atoms with van der Waals surface area (Å²) in [5.41, 5.74) is 9.77. The third kappa shape index (κ3) is 3.65. The van der Waals surface area contributed by atoms with Crippen molar-refractivity contribution in [2.24, 2.45) is 5.73 Å². The zero-order valence-electron chi connectivity index (χ0n) is 18.8.